The van der Waals surface area contributed by atoms with Crippen molar-refractivity contribution in [2.24, 2.45) is 0 Å². The van der Waals surface area contributed by atoms with Gasteiger partial charge in [0.25, 0.3) is 0 Å². The molecule has 1 aliphatic rings. The Bertz CT molecular complexity index is 611. The highest BCUT2D eigenvalue weighted by atomic mass is 16.2. The summed E-state index contributed by atoms with van der Waals surface area (Å²) in [5.41, 5.74) is 2.53. The fourth-order valence-electron chi connectivity index (χ4n) is 2.58. The Balaban J connectivity index is 2.49. The molecule has 4 heteroatoms. The van der Waals surface area contributed by atoms with Gasteiger partial charge in [0, 0.05) is 18.7 Å². The molecular weight excluding hydrogens is 264 g/mol. The van der Waals surface area contributed by atoms with Crippen LogP contribution in [-0.2, 0) is 9.59 Å². The third-order valence-electron chi connectivity index (χ3n) is 3.40. The molecule has 0 spiro atoms. The van der Waals surface area contributed by atoms with E-state index < -0.39 is 6.04 Å². The van der Waals surface area contributed by atoms with Crippen molar-refractivity contribution < 1.29 is 9.59 Å². The zero-order valence-corrected chi connectivity index (χ0v) is 13.2. The molecule has 1 N–H and O–H groups in total. The molecule has 0 saturated heterocycles. The van der Waals surface area contributed by atoms with Crippen LogP contribution in [0.1, 0.15) is 51.8 Å². The number of fused-ring (bicyclic) bond motifs is 1. The summed E-state index contributed by atoms with van der Waals surface area (Å²) in [7, 11) is 0. The number of allylic oxidation sites excluding steroid dienone is 1. The standard InChI is InChI=1S/C17H22N2O2/c1-11-10-19(12(2)20)15(16(21)18-17(3,4)5)14-9-7-6-8-13(11)14/h6-10,15H,1-5H3,(H,18,21). The first-order valence-corrected chi connectivity index (χ1v) is 7.09. The van der Waals surface area contributed by atoms with Gasteiger partial charge >= 0.3 is 0 Å². The number of nitrogens with one attached hydrogen (secondary N) is 1. The van der Waals surface area contributed by atoms with Gasteiger partial charge in [-0.1, -0.05) is 24.3 Å². The second kappa shape index (κ2) is 5.35. The lowest BCUT2D eigenvalue weighted by Gasteiger charge is -2.35. The van der Waals surface area contributed by atoms with Crippen LogP contribution in [0.25, 0.3) is 5.57 Å². The summed E-state index contributed by atoms with van der Waals surface area (Å²) >= 11 is 0. The summed E-state index contributed by atoms with van der Waals surface area (Å²) in [4.78, 5) is 26.1. The minimum absolute atomic E-state index is 0.141. The normalized spacial score (nSPS) is 17.9. The Morgan fingerprint density at radius 3 is 2.38 bits per heavy atom. The molecule has 0 saturated carbocycles. The van der Waals surface area contributed by atoms with E-state index in [0.717, 1.165) is 16.7 Å². The molecule has 1 atom stereocenters. The van der Waals surface area contributed by atoms with Gasteiger partial charge in [-0.25, -0.2) is 0 Å². The number of benzene rings is 1. The molecule has 21 heavy (non-hydrogen) atoms. The predicted molar refractivity (Wildman–Crippen MR) is 83.2 cm³/mol. The van der Waals surface area contributed by atoms with Crippen molar-refractivity contribution in [3.63, 3.8) is 0 Å². The van der Waals surface area contributed by atoms with E-state index in [1.807, 2.05) is 52.0 Å². The Morgan fingerprint density at radius 1 is 1.19 bits per heavy atom. The zero-order valence-electron chi connectivity index (χ0n) is 13.2. The summed E-state index contributed by atoms with van der Waals surface area (Å²) < 4.78 is 0. The van der Waals surface area contributed by atoms with Gasteiger partial charge in [0.15, 0.2) is 0 Å². The van der Waals surface area contributed by atoms with Crippen LogP contribution in [0.2, 0.25) is 0 Å². The average molecular weight is 286 g/mol. The van der Waals surface area contributed by atoms with Gasteiger partial charge in [-0.15, -0.1) is 0 Å². The molecule has 2 amide bonds. The van der Waals surface area contributed by atoms with E-state index in [1.54, 1.807) is 6.20 Å². The number of hydrogen-bond donors (Lipinski definition) is 1. The van der Waals surface area contributed by atoms with Crippen molar-refractivity contribution in [1.82, 2.24) is 10.2 Å². The van der Waals surface area contributed by atoms with E-state index in [0.29, 0.717) is 0 Å². The van der Waals surface area contributed by atoms with Crippen molar-refractivity contribution in [1.29, 1.82) is 0 Å². The lowest BCUT2D eigenvalue weighted by atomic mass is 9.90. The minimum atomic E-state index is -0.610. The van der Waals surface area contributed by atoms with Crippen LogP contribution in [0.4, 0.5) is 0 Å². The number of carbonyl (C=O) groups excluding carboxylic acids is 2. The molecule has 0 fully saturated rings. The molecular formula is C17H22N2O2. The van der Waals surface area contributed by atoms with Crippen molar-refractivity contribution in [3.8, 4) is 0 Å². The second-order valence-electron chi connectivity index (χ2n) is 6.47. The van der Waals surface area contributed by atoms with Gasteiger partial charge < -0.3 is 10.2 Å². The van der Waals surface area contributed by atoms with E-state index in [4.69, 9.17) is 0 Å². The molecule has 2 rings (SSSR count). The molecule has 4 nitrogen and oxygen atoms in total. The Kier molecular flexibility index (Phi) is 3.90. The summed E-state index contributed by atoms with van der Waals surface area (Å²) in [6, 6.07) is 7.12. The monoisotopic (exact) mass is 286 g/mol. The number of amides is 2. The van der Waals surface area contributed by atoms with Gasteiger partial charge in [0.1, 0.15) is 6.04 Å². The van der Waals surface area contributed by atoms with E-state index in [9.17, 15) is 9.59 Å². The average Bonchev–Trinajstić information content (AvgIpc) is 2.36. The maximum Gasteiger partial charge on any atom is 0.248 e. The molecule has 1 heterocycles. The molecule has 112 valence electrons. The van der Waals surface area contributed by atoms with Crippen molar-refractivity contribution in [3.05, 3.63) is 41.6 Å². The molecule has 1 aliphatic heterocycles. The minimum Gasteiger partial charge on any atom is -0.349 e. The lowest BCUT2D eigenvalue weighted by Crippen LogP contribution is -2.48. The summed E-state index contributed by atoms with van der Waals surface area (Å²) in [6.07, 6.45) is 1.76. The van der Waals surface area contributed by atoms with E-state index in [1.165, 1.54) is 11.8 Å². The van der Waals surface area contributed by atoms with Gasteiger partial charge in [0.2, 0.25) is 11.8 Å². The molecule has 1 unspecified atom stereocenters. The fraction of sp³-hybridized carbons (Fsp3) is 0.412. The maximum atomic E-state index is 12.7. The van der Waals surface area contributed by atoms with Crippen LogP contribution < -0.4 is 5.32 Å². The highest BCUT2D eigenvalue weighted by Crippen LogP contribution is 2.35. The highest BCUT2D eigenvalue weighted by Gasteiger charge is 2.35. The summed E-state index contributed by atoms with van der Waals surface area (Å²) in [5.74, 6) is -0.299. The van der Waals surface area contributed by atoms with Crippen LogP contribution in [0.5, 0.6) is 0 Å². The van der Waals surface area contributed by atoms with Gasteiger partial charge in [-0.3, -0.25) is 9.59 Å². The SMILES string of the molecule is CC(=O)N1C=C(C)c2ccccc2C1C(=O)NC(C)(C)C. The topological polar surface area (TPSA) is 49.4 Å². The fourth-order valence-corrected chi connectivity index (χ4v) is 2.58. The summed E-state index contributed by atoms with van der Waals surface area (Å²) in [5, 5.41) is 2.97. The van der Waals surface area contributed by atoms with Crippen LogP contribution in [0.15, 0.2) is 30.5 Å². The smallest absolute Gasteiger partial charge is 0.248 e. The van der Waals surface area contributed by atoms with Crippen LogP contribution in [0.3, 0.4) is 0 Å². The van der Waals surface area contributed by atoms with Crippen molar-refractivity contribution in [2.75, 3.05) is 0 Å². The first-order chi connectivity index (χ1) is 9.70. The highest BCUT2D eigenvalue weighted by molar-refractivity contribution is 5.92. The van der Waals surface area contributed by atoms with Crippen LogP contribution >= 0.6 is 0 Å². The quantitative estimate of drug-likeness (QED) is 0.863. The zero-order chi connectivity index (χ0) is 15.8. The Labute approximate surface area is 125 Å². The van der Waals surface area contributed by atoms with Crippen LogP contribution in [-0.4, -0.2) is 22.3 Å². The molecule has 0 aromatic heterocycles. The predicted octanol–water partition coefficient (Wildman–Crippen LogP) is 2.87. The molecule has 0 bridgehead atoms. The van der Waals surface area contributed by atoms with Crippen molar-refractivity contribution >= 4 is 17.4 Å². The first kappa shape index (κ1) is 15.3. The molecule has 1 aromatic carbocycles. The van der Waals surface area contributed by atoms with E-state index >= 15 is 0 Å². The molecule has 0 radical (unpaired) electrons. The van der Waals surface area contributed by atoms with E-state index in [-0.39, 0.29) is 17.4 Å². The Hall–Kier alpha value is -2.10. The van der Waals surface area contributed by atoms with Crippen LogP contribution in [0, 0.1) is 0 Å². The third kappa shape index (κ3) is 3.15. The third-order valence-corrected chi connectivity index (χ3v) is 3.40. The largest absolute Gasteiger partial charge is 0.349 e. The van der Waals surface area contributed by atoms with E-state index in [2.05, 4.69) is 5.32 Å². The van der Waals surface area contributed by atoms with Gasteiger partial charge in [-0.2, -0.15) is 0 Å². The first-order valence-electron chi connectivity index (χ1n) is 7.09. The Morgan fingerprint density at radius 2 is 1.81 bits per heavy atom. The molecule has 0 aliphatic carbocycles. The van der Waals surface area contributed by atoms with Gasteiger partial charge in [-0.05, 0) is 44.4 Å². The number of hydrogen-bond acceptors (Lipinski definition) is 2. The van der Waals surface area contributed by atoms with Gasteiger partial charge in [0.05, 0.1) is 0 Å². The maximum absolute atomic E-state index is 12.7. The van der Waals surface area contributed by atoms with Crippen molar-refractivity contribution in [2.45, 2.75) is 46.2 Å². The lowest BCUT2D eigenvalue weighted by molar-refractivity contribution is -0.137. The summed E-state index contributed by atoms with van der Waals surface area (Å²) in [6.45, 7) is 9.22. The molecule has 1 aromatic rings. The number of carbonyl (C=O) groups is 2. The number of rotatable bonds is 1. The second-order valence-corrected chi connectivity index (χ2v) is 6.47. The number of nitrogens with zero attached hydrogens (tertiary/aromatic N) is 1.